The summed E-state index contributed by atoms with van der Waals surface area (Å²) in [5.41, 5.74) is 2.49. The highest BCUT2D eigenvalue weighted by molar-refractivity contribution is 6.18. The maximum Gasteiger partial charge on any atom is 0.259 e. The molecule has 2 aromatic rings. The number of rotatable bonds is 4. The number of hydrogen-bond donors (Lipinski definition) is 1. The van der Waals surface area contributed by atoms with Crippen LogP contribution in [-0.2, 0) is 6.42 Å². The molecule has 0 saturated heterocycles. The van der Waals surface area contributed by atoms with Gasteiger partial charge in [-0.05, 0) is 44.0 Å². The lowest BCUT2D eigenvalue weighted by Gasteiger charge is -2.05. The van der Waals surface area contributed by atoms with Crippen molar-refractivity contribution in [1.29, 1.82) is 0 Å². The van der Waals surface area contributed by atoms with Crippen LogP contribution in [-0.4, -0.2) is 11.8 Å². The molecular formula is C15H16ClNO2. The van der Waals surface area contributed by atoms with Gasteiger partial charge in [0.1, 0.15) is 11.5 Å². The highest BCUT2D eigenvalue weighted by Gasteiger charge is 2.13. The van der Waals surface area contributed by atoms with Crippen LogP contribution in [0.5, 0.6) is 0 Å². The zero-order valence-corrected chi connectivity index (χ0v) is 11.8. The number of alkyl halides is 1. The van der Waals surface area contributed by atoms with E-state index in [2.05, 4.69) is 5.32 Å². The number of benzene rings is 1. The molecule has 0 spiro atoms. The van der Waals surface area contributed by atoms with Crippen LogP contribution in [0.4, 0.5) is 5.69 Å². The van der Waals surface area contributed by atoms with Gasteiger partial charge in [0.25, 0.3) is 5.91 Å². The summed E-state index contributed by atoms with van der Waals surface area (Å²) in [5, 5.41) is 2.85. The highest BCUT2D eigenvalue weighted by atomic mass is 35.5. The number of carbonyl (C=O) groups is 1. The Balaban J connectivity index is 2.08. The first-order chi connectivity index (χ1) is 9.10. The summed E-state index contributed by atoms with van der Waals surface area (Å²) >= 11 is 5.68. The zero-order valence-electron chi connectivity index (χ0n) is 11.0. The molecule has 1 heterocycles. The third-order valence-electron chi connectivity index (χ3n) is 2.88. The van der Waals surface area contributed by atoms with Gasteiger partial charge in [0.15, 0.2) is 0 Å². The van der Waals surface area contributed by atoms with E-state index in [1.54, 1.807) is 13.0 Å². The van der Waals surface area contributed by atoms with Crippen LogP contribution in [0.15, 0.2) is 34.7 Å². The molecule has 1 N–H and O–H groups in total. The zero-order chi connectivity index (χ0) is 13.8. The van der Waals surface area contributed by atoms with Gasteiger partial charge in [-0.2, -0.15) is 0 Å². The summed E-state index contributed by atoms with van der Waals surface area (Å²) < 4.78 is 5.35. The molecule has 0 aliphatic heterocycles. The molecule has 0 atom stereocenters. The van der Waals surface area contributed by atoms with Crippen molar-refractivity contribution in [3.05, 3.63) is 53.0 Å². The third kappa shape index (κ3) is 3.38. The van der Waals surface area contributed by atoms with Crippen LogP contribution in [0.3, 0.4) is 0 Å². The quantitative estimate of drug-likeness (QED) is 0.861. The molecule has 4 heteroatoms. The van der Waals surface area contributed by atoms with Gasteiger partial charge in [-0.1, -0.05) is 12.1 Å². The molecule has 0 aliphatic carbocycles. The van der Waals surface area contributed by atoms with Crippen molar-refractivity contribution in [2.45, 2.75) is 20.3 Å². The van der Waals surface area contributed by atoms with E-state index < -0.39 is 0 Å². The Bertz CT molecular complexity index is 572. The molecule has 0 fully saturated rings. The first-order valence-electron chi connectivity index (χ1n) is 6.13. The summed E-state index contributed by atoms with van der Waals surface area (Å²) in [4.78, 5) is 12.1. The van der Waals surface area contributed by atoms with E-state index in [0.29, 0.717) is 17.2 Å². The van der Waals surface area contributed by atoms with E-state index in [4.69, 9.17) is 16.0 Å². The smallest absolute Gasteiger partial charge is 0.259 e. The van der Waals surface area contributed by atoms with Crippen LogP contribution in [0.1, 0.15) is 27.4 Å². The standard InChI is InChI=1S/C15H16ClNO2/c1-10-9-14(11(2)19-10)15(18)17-13-5-3-12(4-6-13)7-8-16/h3-6,9H,7-8H2,1-2H3,(H,17,18). The SMILES string of the molecule is Cc1cc(C(=O)Nc2ccc(CCCl)cc2)c(C)o1. The van der Waals surface area contributed by atoms with Crippen molar-refractivity contribution in [2.24, 2.45) is 0 Å². The lowest BCUT2D eigenvalue weighted by atomic mass is 10.1. The Morgan fingerprint density at radius 1 is 1.26 bits per heavy atom. The monoisotopic (exact) mass is 277 g/mol. The van der Waals surface area contributed by atoms with Gasteiger partial charge in [-0.25, -0.2) is 0 Å². The van der Waals surface area contributed by atoms with E-state index in [9.17, 15) is 4.79 Å². The first kappa shape index (κ1) is 13.7. The third-order valence-corrected chi connectivity index (χ3v) is 3.07. The molecule has 1 aromatic carbocycles. The number of furan rings is 1. The summed E-state index contributed by atoms with van der Waals surface area (Å²) in [6.07, 6.45) is 0.829. The molecule has 0 unspecified atom stereocenters. The van der Waals surface area contributed by atoms with E-state index >= 15 is 0 Å². The van der Waals surface area contributed by atoms with Crippen molar-refractivity contribution in [3.8, 4) is 0 Å². The van der Waals surface area contributed by atoms with Crippen molar-refractivity contribution in [3.63, 3.8) is 0 Å². The van der Waals surface area contributed by atoms with Gasteiger partial charge in [-0.3, -0.25) is 4.79 Å². The maximum absolute atomic E-state index is 12.1. The van der Waals surface area contributed by atoms with Crippen LogP contribution >= 0.6 is 11.6 Å². The van der Waals surface area contributed by atoms with Crippen LogP contribution in [0.25, 0.3) is 0 Å². The average Bonchev–Trinajstić information content (AvgIpc) is 2.71. The van der Waals surface area contributed by atoms with E-state index in [1.165, 1.54) is 0 Å². The number of aryl methyl sites for hydroxylation is 3. The fourth-order valence-corrected chi connectivity index (χ4v) is 2.14. The Morgan fingerprint density at radius 2 is 1.95 bits per heavy atom. The molecule has 0 aliphatic rings. The molecule has 1 amide bonds. The predicted molar refractivity (Wildman–Crippen MR) is 77.0 cm³/mol. The first-order valence-corrected chi connectivity index (χ1v) is 6.67. The van der Waals surface area contributed by atoms with E-state index in [-0.39, 0.29) is 5.91 Å². The number of nitrogens with one attached hydrogen (secondary N) is 1. The minimum Gasteiger partial charge on any atom is -0.466 e. The minimum absolute atomic E-state index is 0.153. The molecule has 1 aromatic heterocycles. The van der Waals surface area contributed by atoms with Crippen LogP contribution < -0.4 is 5.32 Å². The Morgan fingerprint density at radius 3 is 2.47 bits per heavy atom. The van der Waals surface area contributed by atoms with Gasteiger partial charge in [0, 0.05) is 11.6 Å². The fraction of sp³-hybridized carbons (Fsp3) is 0.267. The molecule has 100 valence electrons. The highest BCUT2D eigenvalue weighted by Crippen LogP contribution is 2.17. The maximum atomic E-state index is 12.1. The summed E-state index contributed by atoms with van der Waals surface area (Å²) in [5.74, 6) is 1.81. The molecule has 3 nitrogen and oxygen atoms in total. The number of anilines is 1. The second kappa shape index (κ2) is 5.93. The fourth-order valence-electron chi connectivity index (χ4n) is 1.92. The summed E-state index contributed by atoms with van der Waals surface area (Å²) in [6, 6.07) is 9.42. The Labute approximate surface area is 117 Å². The normalized spacial score (nSPS) is 10.5. The molecule has 0 bridgehead atoms. The molecule has 0 radical (unpaired) electrons. The Hall–Kier alpha value is -1.74. The second-order valence-corrected chi connectivity index (χ2v) is 4.79. The second-order valence-electron chi connectivity index (χ2n) is 4.42. The van der Waals surface area contributed by atoms with Crippen molar-refractivity contribution in [2.75, 3.05) is 11.2 Å². The average molecular weight is 278 g/mol. The number of hydrogen-bond acceptors (Lipinski definition) is 2. The van der Waals surface area contributed by atoms with Crippen LogP contribution in [0, 0.1) is 13.8 Å². The number of carbonyl (C=O) groups excluding carboxylic acids is 1. The van der Waals surface area contributed by atoms with Crippen molar-refractivity contribution >= 4 is 23.2 Å². The topological polar surface area (TPSA) is 42.2 Å². The largest absolute Gasteiger partial charge is 0.466 e. The van der Waals surface area contributed by atoms with E-state index in [1.807, 2.05) is 31.2 Å². The molecule has 0 saturated carbocycles. The summed E-state index contributed by atoms with van der Waals surface area (Å²) in [7, 11) is 0. The summed E-state index contributed by atoms with van der Waals surface area (Å²) in [6.45, 7) is 3.61. The van der Waals surface area contributed by atoms with Crippen molar-refractivity contribution < 1.29 is 9.21 Å². The lowest BCUT2D eigenvalue weighted by Crippen LogP contribution is -2.12. The molecular weight excluding hydrogens is 262 g/mol. The van der Waals surface area contributed by atoms with Gasteiger partial charge in [0.05, 0.1) is 5.56 Å². The van der Waals surface area contributed by atoms with Gasteiger partial charge >= 0.3 is 0 Å². The number of amides is 1. The minimum atomic E-state index is -0.153. The molecule has 19 heavy (non-hydrogen) atoms. The predicted octanol–water partition coefficient (Wildman–Crippen LogP) is 3.93. The van der Waals surface area contributed by atoms with Crippen LogP contribution in [0.2, 0.25) is 0 Å². The van der Waals surface area contributed by atoms with Crippen molar-refractivity contribution in [1.82, 2.24) is 0 Å². The lowest BCUT2D eigenvalue weighted by molar-refractivity contribution is 0.102. The van der Waals surface area contributed by atoms with Gasteiger partial charge in [0.2, 0.25) is 0 Å². The number of halogens is 1. The van der Waals surface area contributed by atoms with E-state index in [0.717, 1.165) is 23.4 Å². The Kier molecular flexibility index (Phi) is 4.27. The van der Waals surface area contributed by atoms with Gasteiger partial charge in [-0.15, -0.1) is 11.6 Å². The van der Waals surface area contributed by atoms with Gasteiger partial charge < -0.3 is 9.73 Å². The molecule has 2 rings (SSSR count).